The summed E-state index contributed by atoms with van der Waals surface area (Å²) in [5.41, 5.74) is 3.74. The summed E-state index contributed by atoms with van der Waals surface area (Å²) < 4.78 is 0. The van der Waals surface area contributed by atoms with Crippen molar-refractivity contribution in [3.8, 4) is 0 Å². The highest BCUT2D eigenvalue weighted by Gasteiger charge is 2.09. The van der Waals surface area contributed by atoms with Crippen LogP contribution >= 0.6 is 12.4 Å². The van der Waals surface area contributed by atoms with Crippen molar-refractivity contribution in [2.45, 2.75) is 13.0 Å². The van der Waals surface area contributed by atoms with E-state index in [9.17, 15) is 0 Å². The van der Waals surface area contributed by atoms with Gasteiger partial charge in [-0.3, -0.25) is 0 Å². The summed E-state index contributed by atoms with van der Waals surface area (Å²) in [6, 6.07) is 19.3. The number of likely N-dealkylation sites (N-methyl/N-ethyl adjacent to an activating group) is 1. The van der Waals surface area contributed by atoms with E-state index in [0.29, 0.717) is 0 Å². The van der Waals surface area contributed by atoms with Crippen LogP contribution in [0.3, 0.4) is 0 Å². The lowest BCUT2D eigenvalue weighted by Gasteiger charge is -2.20. The molecule has 0 amide bonds. The van der Waals surface area contributed by atoms with Gasteiger partial charge < -0.3 is 10.6 Å². The van der Waals surface area contributed by atoms with E-state index in [1.807, 2.05) is 13.1 Å². The molecule has 0 spiro atoms. The second kappa shape index (κ2) is 7.82. The quantitative estimate of drug-likeness (QED) is 0.868. The molecule has 102 valence electrons. The van der Waals surface area contributed by atoms with Gasteiger partial charge in [0.1, 0.15) is 0 Å². The lowest BCUT2D eigenvalue weighted by Crippen LogP contribution is -2.23. The van der Waals surface area contributed by atoms with Gasteiger partial charge in [-0.25, -0.2) is 0 Å². The lowest BCUT2D eigenvalue weighted by molar-refractivity contribution is 0.689. The van der Waals surface area contributed by atoms with E-state index in [-0.39, 0.29) is 18.4 Å². The Balaban J connectivity index is 0.00000180. The topological polar surface area (TPSA) is 24.1 Å². The molecule has 2 aromatic rings. The smallest absolute Gasteiger partial charge is 0.0638 e. The third-order valence-corrected chi connectivity index (χ3v) is 2.97. The maximum absolute atomic E-state index is 3.57. The molecular formula is C16H21ClN2. The highest BCUT2D eigenvalue weighted by atomic mass is 35.5. The van der Waals surface area contributed by atoms with E-state index in [1.54, 1.807) is 0 Å². The molecule has 2 N–H and O–H groups in total. The van der Waals surface area contributed by atoms with Gasteiger partial charge in [0.05, 0.1) is 6.04 Å². The lowest BCUT2D eigenvalue weighted by atomic mass is 10.1. The van der Waals surface area contributed by atoms with Crippen molar-refractivity contribution < 1.29 is 0 Å². The van der Waals surface area contributed by atoms with Crippen molar-refractivity contribution in [2.24, 2.45) is 0 Å². The van der Waals surface area contributed by atoms with Crippen molar-refractivity contribution in [3.63, 3.8) is 0 Å². The highest BCUT2D eigenvalue weighted by Crippen LogP contribution is 2.19. The second-order valence-electron chi connectivity index (χ2n) is 4.53. The molecule has 0 aliphatic heterocycles. The van der Waals surface area contributed by atoms with Gasteiger partial charge in [0.2, 0.25) is 0 Å². The first-order valence-corrected chi connectivity index (χ1v) is 6.32. The number of rotatable bonds is 5. The summed E-state index contributed by atoms with van der Waals surface area (Å²) in [6.45, 7) is 3.01. The molecule has 0 aromatic heterocycles. The van der Waals surface area contributed by atoms with Crippen LogP contribution in [0.15, 0.2) is 54.6 Å². The van der Waals surface area contributed by atoms with E-state index >= 15 is 0 Å². The summed E-state index contributed by atoms with van der Waals surface area (Å²) in [6.07, 6.45) is 0. The molecule has 2 aromatic carbocycles. The van der Waals surface area contributed by atoms with Gasteiger partial charge in [-0.1, -0.05) is 42.5 Å². The molecule has 0 aliphatic carbocycles. The first-order chi connectivity index (χ1) is 8.79. The van der Waals surface area contributed by atoms with Crippen molar-refractivity contribution in [3.05, 3.63) is 65.7 Å². The number of benzene rings is 2. The van der Waals surface area contributed by atoms with Crippen LogP contribution in [0.25, 0.3) is 0 Å². The minimum absolute atomic E-state index is 0. The Morgan fingerprint density at radius 2 is 1.74 bits per heavy atom. The first kappa shape index (κ1) is 15.5. The van der Waals surface area contributed by atoms with Crippen molar-refractivity contribution in [2.75, 3.05) is 18.9 Å². The number of anilines is 1. The van der Waals surface area contributed by atoms with E-state index in [1.165, 1.54) is 16.8 Å². The fraction of sp³-hybridized carbons (Fsp3) is 0.250. The number of halogens is 1. The maximum Gasteiger partial charge on any atom is 0.0638 e. The normalized spacial score (nSPS) is 11.5. The van der Waals surface area contributed by atoms with Crippen molar-refractivity contribution in [1.29, 1.82) is 0 Å². The van der Waals surface area contributed by atoms with Crippen molar-refractivity contribution in [1.82, 2.24) is 5.32 Å². The first-order valence-electron chi connectivity index (χ1n) is 6.32. The molecule has 0 saturated heterocycles. The van der Waals surface area contributed by atoms with Gasteiger partial charge in [0.15, 0.2) is 0 Å². The number of nitrogens with one attached hydrogen (secondary N) is 2. The zero-order valence-electron chi connectivity index (χ0n) is 11.4. The van der Waals surface area contributed by atoms with E-state index in [2.05, 4.69) is 66.1 Å². The monoisotopic (exact) mass is 276 g/mol. The molecule has 0 fully saturated rings. The molecular weight excluding hydrogens is 256 g/mol. The Hall–Kier alpha value is -1.51. The van der Waals surface area contributed by atoms with Gasteiger partial charge in [-0.15, -0.1) is 12.4 Å². The summed E-state index contributed by atoms with van der Waals surface area (Å²) in [4.78, 5) is 0. The second-order valence-corrected chi connectivity index (χ2v) is 4.53. The van der Waals surface area contributed by atoms with Gasteiger partial charge in [-0.2, -0.15) is 0 Å². The number of aryl methyl sites for hydroxylation is 1. The summed E-state index contributed by atoms with van der Waals surface area (Å²) in [7, 11) is 1.98. The largest absolute Gasteiger partial charge is 0.377 e. The van der Waals surface area contributed by atoms with Gasteiger partial charge in [-0.05, 0) is 37.2 Å². The average Bonchev–Trinajstić information content (AvgIpc) is 2.39. The van der Waals surface area contributed by atoms with E-state index < -0.39 is 0 Å². The molecule has 0 radical (unpaired) electrons. The summed E-state index contributed by atoms with van der Waals surface area (Å²) >= 11 is 0. The van der Waals surface area contributed by atoms with Crippen LogP contribution in [0.2, 0.25) is 0 Å². The molecule has 0 heterocycles. The standard InChI is InChI=1S/C16H20N2.ClH/c1-13-7-6-10-15(11-13)18-16(12-17-2)14-8-4-3-5-9-14;/h3-11,16-18H,12H2,1-2H3;1H. The van der Waals surface area contributed by atoms with Crippen LogP contribution in [0.4, 0.5) is 5.69 Å². The highest BCUT2D eigenvalue weighted by molar-refractivity contribution is 5.85. The predicted molar refractivity (Wildman–Crippen MR) is 85.2 cm³/mol. The average molecular weight is 277 g/mol. The molecule has 19 heavy (non-hydrogen) atoms. The molecule has 1 atom stereocenters. The third kappa shape index (κ3) is 4.58. The van der Waals surface area contributed by atoms with Crippen LogP contribution < -0.4 is 10.6 Å². The molecule has 1 unspecified atom stereocenters. The van der Waals surface area contributed by atoms with E-state index in [0.717, 1.165) is 6.54 Å². The van der Waals surface area contributed by atoms with Gasteiger partial charge in [0.25, 0.3) is 0 Å². The molecule has 3 heteroatoms. The summed E-state index contributed by atoms with van der Waals surface area (Å²) in [5, 5.41) is 6.81. The molecule has 2 rings (SSSR count). The number of hydrogen-bond acceptors (Lipinski definition) is 2. The van der Waals surface area contributed by atoms with Crippen LogP contribution in [0, 0.1) is 6.92 Å². The van der Waals surface area contributed by atoms with Crippen LogP contribution in [0.1, 0.15) is 17.2 Å². The van der Waals surface area contributed by atoms with Gasteiger partial charge >= 0.3 is 0 Å². The Labute approximate surface area is 121 Å². The predicted octanol–water partition coefficient (Wildman–Crippen LogP) is 3.79. The Morgan fingerprint density at radius 1 is 1.00 bits per heavy atom. The number of hydrogen-bond donors (Lipinski definition) is 2. The molecule has 0 saturated carbocycles. The van der Waals surface area contributed by atoms with Crippen LogP contribution in [-0.4, -0.2) is 13.6 Å². The minimum atomic E-state index is 0. The molecule has 0 aliphatic rings. The Kier molecular flexibility index (Phi) is 6.40. The molecule has 2 nitrogen and oxygen atoms in total. The SMILES string of the molecule is CNCC(Nc1cccc(C)c1)c1ccccc1.Cl. The Morgan fingerprint density at radius 3 is 2.37 bits per heavy atom. The molecule has 0 bridgehead atoms. The fourth-order valence-electron chi connectivity index (χ4n) is 2.08. The zero-order chi connectivity index (χ0) is 12.8. The summed E-state index contributed by atoms with van der Waals surface area (Å²) in [5.74, 6) is 0. The van der Waals surface area contributed by atoms with Gasteiger partial charge in [0, 0.05) is 12.2 Å². The Bertz CT molecular complexity index is 485. The van der Waals surface area contributed by atoms with E-state index in [4.69, 9.17) is 0 Å². The van der Waals surface area contributed by atoms with Crippen molar-refractivity contribution >= 4 is 18.1 Å². The maximum atomic E-state index is 3.57. The van der Waals surface area contributed by atoms with Crippen LogP contribution in [-0.2, 0) is 0 Å². The third-order valence-electron chi connectivity index (χ3n) is 2.97. The minimum Gasteiger partial charge on any atom is -0.377 e. The van der Waals surface area contributed by atoms with Crippen LogP contribution in [0.5, 0.6) is 0 Å². The fourth-order valence-corrected chi connectivity index (χ4v) is 2.08. The zero-order valence-corrected chi connectivity index (χ0v) is 12.2.